The summed E-state index contributed by atoms with van der Waals surface area (Å²) in [5.74, 6) is -1.18. The molecule has 0 saturated carbocycles. The highest BCUT2D eigenvalue weighted by Gasteiger charge is 2.37. The first kappa shape index (κ1) is 24.7. The minimum absolute atomic E-state index is 0.217. The van der Waals surface area contributed by atoms with E-state index in [9.17, 15) is 24.3 Å². The number of ether oxygens (including phenoxy) is 1. The molecule has 3 rings (SSSR count). The molecular weight excluding hydrogens is 491 g/mol. The summed E-state index contributed by atoms with van der Waals surface area (Å²) in [5, 5.41) is 19.4. The molecule has 0 atom stereocenters. The minimum Gasteiger partial charge on any atom is -0.483 e. The summed E-state index contributed by atoms with van der Waals surface area (Å²) in [4.78, 5) is 26.2. The summed E-state index contributed by atoms with van der Waals surface area (Å²) in [6, 6.07) is 13.6. The molecule has 0 unspecified atom stereocenters. The van der Waals surface area contributed by atoms with Crippen molar-refractivity contribution in [3.8, 4) is 11.8 Å². The zero-order valence-corrected chi connectivity index (χ0v) is 20.2. The van der Waals surface area contributed by atoms with E-state index >= 15 is 0 Å². The van der Waals surface area contributed by atoms with Crippen LogP contribution in [0.3, 0.4) is 0 Å². The van der Waals surface area contributed by atoms with Gasteiger partial charge in [0.2, 0.25) is 0 Å². The second-order valence-corrected chi connectivity index (χ2v) is 9.85. The molecule has 0 aliphatic carbocycles. The van der Waals surface area contributed by atoms with Gasteiger partial charge in [-0.05, 0) is 69.0 Å². The standard InChI is InChI=1S/C25H26BrFN2O4/c1-24(2,23(31)32)20-13-18(26)5-8-21(20)33-15-22(30)29-11-9-25(16-28,10-12-29)14-17-3-6-19(27)7-4-17/h3-8,13H,9-12,14-15H2,1-2H3,(H,31,32). The number of hydrogen-bond acceptors (Lipinski definition) is 4. The molecule has 174 valence electrons. The third-order valence-corrected chi connectivity index (χ3v) is 6.76. The van der Waals surface area contributed by atoms with Crippen LogP contribution < -0.4 is 4.74 Å². The normalized spacial score (nSPS) is 15.5. The molecule has 33 heavy (non-hydrogen) atoms. The van der Waals surface area contributed by atoms with Gasteiger partial charge in [-0.2, -0.15) is 5.26 Å². The average Bonchev–Trinajstić information content (AvgIpc) is 2.80. The van der Waals surface area contributed by atoms with Gasteiger partial charge in [-0.15, -0.1) is 0 Å². The van der Waals surface area contributed by atoms with Crippen LogP contribution in [0.2, 0.25) is 0 Å². The first-order valence-corrected chi connectivity index (χ1v) is 11.5. The van der Waals surface area contributed by atoms with Crippen molar-refractivity contribution in [1.82, 2.24) is 4.90 Å². The fourth-order valence-corrected chi connectivity index (χ4v) is 4.33. The van der Waals surface area contributed by atoms with Crippen LogP contribution in [0.5, 0.6) is 5.75 Å². The number of piperidine rings is 1. The van der Waals surface area contributed by atoms with Gasteiger partial charge in [-0.1, -0.05) is 28.1 Å². The maximum absolute atomic E-state index is 13.2. The molecule has 1 N–H and O–H groups in total. The second-order valence-electron chi connectivity index (χ2n) is 8.94. The van der Waals surface area contributed by atoms with Crippen LogP contribution in [-0.4, -0.2) is 41.6 Å². The molecule has 1 fully saturated rings. The number of carbonyl (C=O) groups excluding carboxylic acids is 1. The molecule has 0 spiro atoms. The number of carbonyl (C=O) groups is 2. The molecule has 1 aliphatic heterocycles. The van der Waals surface area contributed by atoms with E-state index in [1.807, 2.05) is 0 Å². The van der Waals surface area contributed by atoms with Crippen molar-refractivity contribution in [1.29, 1.82) is 5.26 Å². The summed E-state index contributed by atoms with van der Waals surface area (Å²) in [5.41, 5.74) is -0.427. The third-order valence-electron chi connectivity index (χ3n) is 6.27. The molecule has 1 amide bonds. The molecule has 0 bridgehead atoms. The lowest BCUT2D eigenvalue weighted by Gasteiger charge is -2.37. The highest BCUT2D eigenvalue weighted by atomic mass is 79.9. The first-order valence-electron chi connectivity index (χ1n) is 10.7. The third kappa shape index (κ3) is 5.72. The monoisotopic (exact) mass is 516 g/mol. The van der Waals surface area contributed by atoms with Gasteiger partial charge in [-0.25, -0.2) is 4.39 Å². The van der Waals surface area contributed by atoms with Crippen molar-refractivity contribution < 1.29 is 23.8 Å². The van der Waals surface area contributed by atoms with Gasteiger partial charge in [0.15, 0.2) is 6.61 Å². The fraction of sp³-hybridized carbons (Fsp3) is 0.400. The molecule has 1 aliphatic rings. The van der Waals surface area contributed by atoms with E-state index in [0.717, 1.165) is 10.0 Å². The molecule has 1 saturated heterocycles. The highest BCUT2D eigenvalue weighted by molar-refractivity contribution is 9.10. The summed E-state index contributed by atoms with van der Waals surface area (Å²) in [6.45, 7) is 3.79. The van der Waals surface area contributed by atoms with E-state index in [2.05, 4.69) is 22.0 Å². The number of rotatable bonds is 7. The number of aliphatic carboxylic acids is 1. The van der Waals surface area contributed by atoms with Crippen LogP contribution in [0, 0.1) is 22.6 Å². The highest BCUT2D eigenvalue weighted by Crippen LogP contribution is 2.36. The van der Waals surface area contributed by atoms with Crippen molar-refractivity contribution in [2.75, 3.05) is 19.7 Å². The Hall–Kier alpha value is -2.92. The van der Waals surface area contributed by atoms with Crippen LogP contribution in [0.1, 0.15) is 37.8 Å². The first-order chi connectivity index (χ1) is 15.6. The van der Waals surface area contributed by atoms with Gasteiger partial charge in [0, 0.05) is 23.1 Å². The fourth-order valence-electron chi connectivity index (χ4n) is 3.97. The maximum atomic E-state index is 13.2. The molecule has 1 heterocycles. The summed E-state index contributed by atoms with van der Waals surface area (Å²) in [6.07, 6.45) is 1.54. The molecule has 0 radical (unpaired) electrons. The van der Waals surface area contributed by atoms with Crippen LogP contribution in [0.15, 0.2) is 46.9 Å². The zero-order chi connectivity index (χ0) is 24.2. The van der Waals surface area contributed by atoms with Crippen LogP contribution >= 0.6 is 15.9 Å². The SMILES string of the molecule is CC(C)(C(=O)O)c1cc(Br)ccc1OCC(=O)N1CCC(C#N)(Cc2ccc(F)cc2)CC1. The predicted molar refractivity (Wildman–Crippen MR) is 124 cm³/mol. The van der Waals surface area contributed by atoms with E-state index in [0.29, 0.717) is 43.7 Å². The number of carboxylic acids is 1. The van der Waals surface area contributed by atoms with Crippen LogP contribution in [0.25, 0.3) is 0 Å². The van der Waals surface area contributed by atoms with Gasteiger partial charge in [0.25, 0.3) is 5.91 Å². The lowest BCUT2D eigenvalue weighted by molar-refractivity contribution is -0.142. The number of hydrogen-bond donors (Lipinski definition) is 1. The Bertz CT molecular complexity index is 1070. The van der Waals surface area contributed by atoms with Crippen molar-refractivity contribution in [2.45, 2.75) is 38.5 Å². The molecular formula is C25H26BrFN2O4. The number of carboxylic acid groups (broad SMARTS) is 1. The van der Waals surface area contributed by atoms with Gasteiger partial charge >= 0.3 is 5.97 Å². The number of likely N-dealkylation sites (tertiary alicyclic amines) is 1. The van der Waals surface area contributed by atoms with Crippen molar-refractivity contribution in [2.24, 2.45) is 5.41 Å². The maximum Gasteiger partial charge on any atom is 0.313 e. The quantitative estimate of drug-likeness (QED) is 0.575. The minimum atomic E-state index is -1.19. The van der Waals surface area contributed by atoms with E-state index < -0.39 is 16.8 Å². The molecule has 0 aromatic heterocycles. The van der Waals surface area contributed by atoms with Crippen molar-refractivity contribution in [3.05, 3.63) is 63.9 Å². The lowest BCUT2D eigenvalue weighted by Crippen LogP contribution is -2.45. The lowest BCUT2D eigenvalue weighted by atomic mass is 9.75. The smallest absolute Gasteiger partial charge is 0.313 e. The summed E-state index contributed by atoms with van der Waals surface area (Å²) >= 11 is 3.36. The van der Waals surface area contributed by atoms with Gasteiger partial charge in [-0.3, -0.25) is 9.59 Å². The molecule has 2 aromatic rings. The van der Waals surface area contributed by atoms with E-state index in [1.54, 1.807) is 49.1 Å². The van der Waals surface area contributed by atoms with Gasteiger partial charge < -0.3 is 14.7 Å². The Balaban J connectivity index is 1.63. The number of benzene rings is 2. The number of nitriles is 1. The molecule has 6 nitrogen and oxygen atoms in total. The molecule has 8 heteroatoms. The number of nitrogens with zero attached hydrogens (tertiary/aromatic N) is 2. The molecule has 2 aromatic carbocycles. The largest absolute Gasteiger partial charge is 0.483 e. The van der Waals surface area contributed by atoms with E-state index in [4.69, 9.17) is 4.74 Å². The Kier molecular flexibility index (Phi) is 7.43. The van der Waals surface area contributed by atoms with Crippen molar-refractivity contribution in [3.63, 3.8) is 0 Å². The van der Waals surface area contributed by atoms with Gasteiger partial charge in [0.1, 0.15) is 11.6 Å². The summed E-state index contributed by atoms with van der Waals surface area (Å²) in [7, 11) is 0. The van der Waals surface area contributed by atoms with E-state index in [1.165, 1.54) is 12.1 Å². The van der Waals surface area contributed by atoms with Crippen LogP contribution in [-0.2, 0) is 21.4 Å². The second kappa shape index (κ2) is 9.92. The topological polar surface area (TPSA) is 90.6 Å². The Labute approximate surface area is 201 Å². The zero-order valence-electron chi connectivity index (χ0n) is 18.6. The Morgan fingerprint density at radius 2 is 1.85 bits per heavy atom. The van der Waals surface area contributed by atoms with Gasteiger partial charge in [0.05, 0.1) is 16.9 Å². The number of amides is 1. The summed E-state index contributed by atoms with van der Waals surface area (Å²) < 4.78 is 19.6. The predicted octanol–water partition coefficient (Wildman–Crippen LogP) is 4.70. The average molecular weight is 517 g/mol. The Morgan fingerprint density at radius 3 is 2.42 bits per heavy atom. The van der Waals surface area contributed by atoms with E-state index in [-0.39, 0.29) is 18.3 Å². The van der Waals surface area contributed by atoms with Crippen molar-refractivity contribution >= 4 is 27.8 Å². The number of halogens is 2. The van der Waals surface area contributed by atoms with Crippen LogP contribution in [0.4, 0.5) is 4.39 Å². The Morgan fingerprint density at radius 1 is 1.21 bits per heavy atom.